The predicted molar refractivity (Wildman–Crippen MR) is 118 cm³/mol. The maximum atomic E-state index is 12.4. The van der Waals surface area contributed by atoms with Gasteiger partial charge in [-0.2, -0.15) is 4.98 Å². The Morgan fingerprint density at radius 2 is 1.84 bits per heavy atom. The summed E-state index contributed by atoms with van der Waals surface area (Å²) in [5.74, 6) is 0.968. The Hall–Kier alpha value is -3.19. The van der Waals surface area contributed by atoms with Crippen LogP contribution in [0.3, 0.4) is 0 Å². The molecule has 2 heterocycles. The van der Waals surface area contributed by atoms with Crippen LogP contribution in [0.2, 0.25) is 0 Å². The highest BCUT2D eigenvalue weighted by molar-refractivity contribution is 5.68. The van der Waals surface area contributed by atoms with Gasteiger partial charge in [-0.15, -0.1) is 0 Å². The van der Waals surface area contributed by atoms with Crippen molar-refractivity contribution in [2.75, 3.05) is 6.54 Å². The lowest BCUT2D eigenvalue weighted by atomic mass is 10.0. The van der Waals surface area contributed by atoms with E-state index in [9.17, 15) is 4.79 Å². The molecule has 0 radical (unpaired) electrons. The van der Waals surface area contributed by atoms with E-state index in [1.165, 1.54) is 0 Å². The fraction of sp³-hybridized carbons (Fsp3) is 0.375. The van der Waals surface area contributed by atoms with Crippen molar-refractivity contribution in [1.29, 1.82) is 0 Å². The number of benzene rings is 2. The summed E-state index contributed by atoms with van der Waals surface area (Å²) in [6.45, 7) is 5.13. The number of ether oxygens (including phenoxy) is 1. The molecule has 2 N–H and O–H groups in total. The zero-order valence-electron chi connectivity index (χ0n) is 18.1. The monoisotopic (exact) mass is 422 g/mol. The van der Waals surface area contributed by atoms with Crippen LogP contribution in [0.25, 0.3) is 0 Å². The summed E-state index contributed by atoms with van der Waals surface area (Å²) in [6.07, 6.45) is 2.72. The largest absolute Gasteiger partial charge is 0.445 e. The lowest BCUT2D eigenvalue weighted by Crippen LogP contribution is -2.30. The Balaban J connectivity index is 0.00000132. The molecule has 0 bridgehead atoms. The van der Waals surface area contributed by atoms with Crippen LogP contribution >= 0.6 is 0 Å². The van der Waals surface area contributed by atoms with E-state index in [0.717, 1.165) is 36.9 Å². The van der Waals surface area contributed by atoms with Gasteiger partial charge in [-0.25, -0.2) is 4.79 Å². The molecule has 1 fully saturated rings. The van der Waals surface area contributed by atoms with Crippen LogP contribution in [0.1, 0.15) is 68.0 Å². The molecule has 1 aliphatic rings. The highest BCUT2D eigenvalue weighted by Gasteiger charge is 2.27. The minimum absolute atomic E-state index is 0.0858. The van der Waals surface area contributed by atoms with Gasteiger partial charge in [0.05, 0.1) is 6.04 Å². The minimum Gasteiger partial charge on any atom is -0.445 e. The zero-order chi connectivity index (χ0) is 21.9. The maximum Gasteiger partial charge on any atom is 0.408 e. The van der Waals surface area contributed by atoms with Crippen LogP contribution in [0, 0.1) is 0 Å². The van der Waals surface area contributed by atoms with Crippen molar-refractivity contribution in [2.45, 2.75) is 51.8 Å². The van der Waals surface area contributed by atoms with Gasteiger partial charge in [-0.05, 0) is 30.5 Å². The summed E-state index contributed by atoms with van der Waals surface area (Å²) in [5, 5.41) is 10.4. The van der Waals surface area contributed by atoms with Gasteiger partial charge < -0.3 is 19.9 Å². The molecule has 2 atom stereocenters. The molecule has 7 heteroatoms. The lowest BCUT2D eigenvalue weighted by molar-refractivity contribution is 0.135. The summed E-state index contributed by atoms with van der Waals surface area (Å²) < 4.78 is 10.9. The molecule has 1 amide bonds. The highest BCUT2D eigenvalue weighted by atomic mass is 16.5. The van der Waals surface area contributed by atoms with Crippen LogP contribution in [0.15, 0.2) is 65.2 Å². The molecule has 0 saturated carbocycles. The van der Waals surface area contributed by atoms with Crippen molar-refractivity contribution in [3.63, 3.8) is 0 Å². The van der Waals surface area contributed by atoms with Crippen LogP contribution in [-0.4, -0.2) is 22.8 Å². The zero-order valence-corrected chi connectivity index (χ0v) is 18.1. The van der Waals surface area contributed by atoms with Gasteiger partial charge in [0.2, 0.25) is 0 Å². The van der Waals surface area contributed by atoms with E-state index < -0.39 is 12.1 Å². The van der Waals surface area contributed by atoms with Crippen LogP contribution in [0.5, 0.6) is 0 Å². The van der Waals surface area contributed by atoms with Gasteiger partial charge in [-0.1, -0.05) is 86.1 Å². The Labute approximate surface area is 183 Å². The van der Waals surface area contributed by atoms with Crippen molar-refractivity contribution in [1.82, 2.24) is 20.8 Å². The molecule has 2 unspecified atom stereocenters. The van der Waals surface area contributed by atoms with E-state index in [2.05, 4.69) is 20.8 Å². The molecule has 0 aliphatic carbocycles. The second-order valence-electron chi connectivity index (χ2n) is 7.04. The van der Waals surface area contributed by atoms with Crippen molar-refractivity contribution in [3.05, 3.63) is 83.5 Å². The quantitative estimate of drug-likeness (QED) is 0.586. The van der Waals surface area contributed by atoms with E-state index in [1.807, 2.05) is 74.5 Å². The van der Waals surface area contributed by atoms with Gasteiger partial charge in [0, 0.05) is 0 Å². The van der Waals surface area contributed by atoms with E-state index >= 15 is 0 Å². The third-order valence-electron chi connectivity index (χ3n) is 4.93. The van der Waals surface area contributed by atoms with Gasteiger partial charge >= 0.3 is 6.09 Å². The predicted octanol–water partition coefficient (Wildman–Crippen LogP) is 4.93. The third kappa shape index (κ3) is 6.39. The van der Waals surface area contributed by atoms with Crippen molar-refractivity contribution in [3.8, 4) is 0 Å². The summed E-state index contributed by atoms with van der Waals surface area (Å²) in [6, 6.07) is 18.6. The molecule has 3 aromatic rings. The number of hydrogen-bond acceptors (Lipinski definition) is 6. The molecule has 164 valence electrons. The minimum atomic E-state index is -0.579. The number of nitrogens with one attached hydrogen (secondary N) is 2. The van der Waals surface area contributed by atoms with Crippen LogP contribution in [-0.2, 0) is 11.3 Å². The summed E-state index contributed by atoms with van der Waals surface area (Å²) >= 11 is 0. The lowest BCUT2D eigenvalue weighted by Gasteiger charge is -2.20. The topological polar surface area (TPSA) is 89.3 Å². The van der Waals surface area contributed by atoms with E-state index in [4.69, 9.17) is 9.26 Å². The molecule has 1 aliphatic heterocycles. The van der Waals surface area contributed by atoms with Crippen molar-refractivity contribution >= 4 is 6.09 Å². The Kier molecular flexibility index (Phi) is 8.60. The number of hydrogen-bond donors (Lipinski definition) is 2. The molecular weight excluding hydrogens is 392 g/mol. The smallest absolute Gasteiger partial charge is 0.408 e. The summed E-state index contributed by atoms with van der Waals surface area (Å²) in [7, 11) is 0. The molecule has 0 spiro atoms. The number of rotatable bonds is 6. The normalized spacial score (nSPS) is 16.5. The molecule has 1 aromatic heterocycles. The van der Waals surface area contributed by atoms with E-state index in [1.54, 1.807) is 0 Å². The molecule has 4 rings (SSSR count). The Morgan fingerprint density at radius 1 is 1.13 bits per heavy atom. The summed E-state index contributed by atoms with van der Waals surface area (Å²) in [5.41, 5.74) is 1.76. The fourth-order valence-corrected chi connectivity index (χ4v) is 3.39. The fourth-order valence-electron chi connectivity index (χ4n) is 3.39. The third-order valence-corrected chi connectivity index (χ3v) is 4.93. The molecule has 31 heavy (non-hydrogen) atoms. The number of alkyl carbamates (subject to hydrolysis) is 1. The second-order valence-corrected chi connectivity index (χ2v) is 7.04. The molecule has 2 aromatic carbocycles. The number of carbonyl (C=O) groups is 1. The average Bonchev–Trinajstić information content (AvgIpc) is 3.34. The van der Waals surface area contributed by atoms with Gasteiger partial charge in [0.15, 0.2) is 5.82 Å². The van der Waals surface area contributed by atoms with Gasteiger partial charge in [0.25, 0.3) is 5.89 Å². The van der Waals surface area contributed by atoms with E-state index in [-0.39, 0.29) is 12.6 Å². The first-order chi connectivity index (χ1) is 15.3. The second kappa shape index (κ2) is 11.9. The first-order valence-electron chi connectivity index (χ1n) is 10.9. The number of carbonyl (C=O) groups excluding carboxylic acids is 1. The van der Waals surface area contributed by atoms with Gasteiger partial charge in [-0.3, -0.25) is 0 Å². The standard InChI is InChI=1S/C22H24N4O3.C2H6/c27-22(28-15-16-9-3-1-4-10-16)24-19(17-11-5-2-6-12-17)21-25-20(26-29-21)18-13-7-8-14-23-18;1-2/h1-6,9-12,18-19,23H,7-8,13-15H2,(H,24,27);1-2H3. The first kappa shape index (κ1) is 22.5. The highest BCUT2D eigenvalue weighted by Crippen LogP contribution is 2.25. The van der Waals surface area contributed by atoms with Crippen LogP contribution < -0.4 is 10.6 Å². The Bertz CT molecular complexity index is 909. The van der Waals surface area contributed by atoms with Gasteiger partial charge in [0.1, 0.15) is 12.6 Å². The van der Waals surface area contributed by atoms with Crippen molar-refractivity contribution < 1.29 is 14.1 Å². The molecular formula is C24H30N4O3. The number of amides is 1. The number of aromatic nitrogens is 2. The Morgan fingerprint density at radius 3 is 2.52 bits per heavy atom. The maximum absolute atomic E-state index is 12.4. The molecule has 7 nitrogen and oxygen atoms in total. The average molecular weight is 423 g/mol. The summed E-state index contributed by atoms with van der Waals surface area (Å²) in [4.78, 5) is 17.0. The van der Waals surface area contributed by atoms with Crippen LogP contribution in [0.4, 0.5) is 4.79 Å². The number of nitrogens with zero attached hydrogens (tertiary/aromatic N) is 2. The number of piperidine rings is 1. The van der Waals surface area contributed by atoms with Crippen molar-refractivity contribution in [2.24, 2.45) is 0 Å². The van der Waals surface area contributed by atoms with E-state index in [0.29, 0.717) is 11.7 Å². The SMILES string of the molecule is CC.O=C(NC(c1ccccc1)c1nc(C2CCCCN2)no1)OCc1ccccc1. The molecule has 1 saturated heterocycles. The first-order valence-corrected chi connectivity index (χ1v) is 10.9.